The van der Waals surface area contributed by atoms with Gasteiger partial charge in [-0.1, -0.05) is 13.8 Å². The van der Waals surface area contributed by atoms with Gasteiger partial charge in [0.15, 0.2) is 0 Å². The molecule has 0 saturated heterocycles. The number of rotatable bonds is 4. The van der Waals surface area contributed by atoms with Gasteiger partial charge >= 0.3 is 0 Å². The lowest BCUT2D eigenvalue weighted by Crippen LogP contribution is -2.19. The Morgan fingerprint density at radius 1 is 1.54 bits per heavy atom. The number of hydrogen-bond acceptors (Lipinski definition) is 2. The molecule has 0 saturated carbocycles. The molecule has 2 nitrogen and oxygen atoms in total. The van der Waals surface area contributed by atoms with Crippen molar-refractivity contribution in [2.75, 3.05) is 6.54 Å². The highest BCUT2D eigenvalue weighted by atomic mass is 79.9. The van der Waals surface area contributed by atoms with Crippen molar-refractivity contribution in [3.63, 3.8) is 0 Å². The van der Waals surface area contributed by atoms with Crippen LogP contribution in [-0.4, -0.2) is 11.5 Å². The topological polar surface area (TPSA) is 24.9 Å². The molecule has 0 radical (unpaired) electrons. The number of nitrogens with one attached hydrogen (secondary N) is 1. The van der Waals surface area contributed by atoms with Gasteiger partial charge in [0.2, 0.25) is 0 Å². The van der Waals surface area contributed by atoms with Crippen LogP contribution in [0.3, 0.4) is 0 Å². The van der Waals surface area contributed by atoms with Crippen molar-refractivity contribution in [3.05, 3.63) is 28.5 Å². The van der Waals surface area contributed by atoms with Gasteiger partial charge in [0.25, 0.3) is 0 Å². The van der Waals surface area contributed by atoms with Crippen LogP contribution < -0.4 is 5.32 Å². The van der Waals surface area contributed by atoms with Gasteiger partial charge in [-0.2, -0.15) is 0 Å². The van der Waals surface area contributed by atoms with Crippen LogP contribution >= 0.6 is 15.9 Å². The summed E-state index contributed by atoms with van der Waals surface area (Å²) >= 11 is 3.46. The van der Waals surface area contributed by atoms with Gasteiger partial charge in [0.1, 0.15) is 0 Å². The molecule has 1 aromatic heterocycles. The van der Waals surface area contributed by atoms with Crippen molar-refractivity contribution in [1.82, 2.24) is 10.3 Å². The highest BCUT2D eigenvalue weighted by molar-refractivity contribution is 9.10. The van der Waals surface area contributed by atoms with Gasteiger partial charge in [0.05, 0.1) is 5.69 Å². The Morgan fingerprint density at radius 2 is 2.31 bits per heavy atom. The maximum atomic E-state index is 4.27. The van der Waals surface area contributed by atoms with Crippen LogP contribution in [0.2, 0.25) is 0 Å². The van der Waals surface area contributed by atoms with Gasteiger partial charge in [-0.3, -0.25) is 4.98 Å². The second kappa shape index (κ2) is 5.35. The first kappa shape index (κ1) is 10.7. The van der Waals surface area contributed by atoms with E-state index in [4.69, 9.17) is 0 Å². The Balaban J connectivity index is 2.41. The van der Waals surface area contributed by atoms with Crippen LogP contribution in [0.1, 0.15) is 19.5 Å². The van der Waals surface area contributed by atoms with E-state index in [0.29, 0.717) is 5.92 Å². The molecular weight excluding hydrogens is 228 g/mol. The van der Waals surface area contributed by atoms with E-state index >= 15 is 0 Å². The first-order valence-corrected chi connectivity index (χ1v) is 5.29. The van der Waals surface area contributed by atoms with E-state index in [0.717, 1.165) is 23.3 Å². The Kier molecular flexibility index (Phi) is 4.39. The third-order valence-electron chi connectivity index (χ3n) is 1.68. The maximum absolute atomic E-state index is 4.27. The standard InChI is InChI=1S/C10H15BrN2/c1-8(2)6-12-7-10-9(11)4-3-5-13-10/h3-5,8,12H,6-7H2,1-2H3. The molecule has 1 N–H and O–H groups in total. The summed E-state index contributed by atoms with van der Waals surface area (Å²) in [5.74, 6) is 0.683. The first-order valence-electron chi connectivity index (χ1n) is 4.50. The molecular formula is C10H15BrN2. The number of hydrogen-bond donors (Lipinski definition) is 1. The largest absolute Gasteiger partial charge is 0.311 e. The maximum Gasteiger partial charge on any atom is 0.0683 e. The molecule has 3 heteroatoms. The van der Waals surface area contributed by atoms with Gasteiger partial charge in [0, 0.05) is 17.2 Å². The van der Waals surface area contributed by atoms with E-state index in [1.54, 1.807) is 0 Å². The average Bonchev–Trinajstić information content (AvgIpc) is 2.08. The van der Waals surface area contributed by atoms with E-state index in [1.807, 2.05) is 18.3 Å². The molecule has 1 heterocycles. The Bertz CT molecular complexity index is 261. The summed E-state index contributed by atoms with van der Waals surface area (Å²) in [5.41, 5.74) is 1.07. The van der Waals surface area contributed by atoms with Crippen LogP contribution in [0.4, 0.5) is 0 Å². The lowest BCUT2D eigenvalue weighted by atomic mass is 10.2. The second-order valence-corrected chi connectivity index (χ2v) is 4.31. The van der Waals surface area contributed by atoms with Gasteiger partial charge in [-0.05, 0) is 40.5 Å². The number of pyridine rings is 1. The summed E-state index contributed by atoms with van der Waals surface area (Å²) in [4.78, 5) is 4.27. The molecule has 0 fully saturated rings. The smallest absolute Gasteiger partial charge is 0.0683 e. The number of nitrogens with zero attached hydrogens (tertiary/aromatic N) is 1. The fourth-order valence-corrected chi connectivity index (χ4v) is 1.42. The third-order valence-corrected chi connectivity index (χ3v) is 2.40. The highest BCUT2D eigenvalue weighted by Gasteiger charge is 1.99. The summed E-state index contributed by atoms with van der Waals surface area (Å²) in [7, 11) is 0. The lowest BCUT2D eigenvalue weighted by Gasteiger charge is -2.07. The van der Waals surface area contributed by atoms with Crippen LogP contribution in [0.15, 0.2) is 22.8 Å². The quantitative estimate of drug-likeness (QED) is 0.879. The van der Waals surface area contributed by atoms with Crippen molar-refractivity contribution in [3.8, 4) is 0 Å². The average molecular weight is 243 g/mol. The Morgan fingerprint density at radius 3 is 2.92 bits per heavy atom. The van der Waals surface area contributed by atoms with E-state index in [-0.39, 0.29) is 0 Å². The molecule has 0 aliphatic carbocycles. The van der Waals surface area contributed by atoms with Crippen molar-refractivity contribution in [2.24, 2.45) is 5.92 Å². The fourth-order valence-electron chi connectivity index (χ4n) is 1.03. The van der Waals surface area contributed by atoms with Crippen molar-refractivity contribution in [1.29, 1.82) is 0 Å². The van der Waals surface area contributed by atoms with Crippen LogP contribution in [0, 0.1) is 5.92 Å². The highest BCUT2D eigenvalue weighted by Crippen LogP contribution is 2.12. The van der Waals surface area contributed by atoms with E-state index in [9.17, 15) is 0 Å². The molecule has 72 valence electrons. The molecule has 0 spiro atoms. The molecule has 0 amide bonds. The minimum Gasteiger partial charge on any atom is -0.311 e. The first-order chi connectivity index (χ1) is 6.20. The molecule has 13 heavy (non-hydrogen) atoms. The van der Waals surface area contributed by atoms with E-state index in [1.165, 1.54) is 0 Å². The zero-order valence-corrected chi connectivity index (χ0v) is 9.63. The van der Waals surface area contributed by atoms with Crippen LogP contribution in [0.25, 0.3) is 0 Å². The monoisotopic (exact) mass is 242 g/mol. The van der Waals surface area contributed by atoms with Gasteiger partial charge < -0.3 is 5.32 Å². The molecule has 0 bridgehead atoms. The Labute approximate surface area is 87.9 Å². The van der Waals surface area contributed by atoms with Crippen molar-refractivity contribution in [2.45, 2.75) is 20.4 Å². The van der Waals surface area contributed by atoms with Gasteiger partial charge in [-0.25, -0.2) is 0 Å². The fraction of sp³-hybridized carbons (Fsp3) is 0.500. The summed E-state index contributed by atoms with van der Waals surface area (Å²) in [5, 5.41) is 3.35. The minimum atomic E-state index is 0.683. The van der Waals surface area contributed by atoms with Crippen molar-refractivity contribution >= 4 is 15.9 Å². The predicted molar refractivity (Wildman–Crippen MR) is 58.5 cm³/mol. The van der Waals surface area contributed by atoms with Crippen molar-refractivity contribution < 1.29 is 0 Å². The normalized spacial score (nSPS) is 10.8. The third kappa shape index (κ3) is 3.87. The molecule has 0 atom stereocenters. The SMILES string of the molecule is CC(C)CNCc1ncccc1Br. The van der Waals surface area contributed by atoms with E-state index in [2.05, 4.69) is 40.1 Å². The zero-order chi connectivity index (χ0) is 9.68. The summed E-state index contributed by atoms with van der Waals surface area (Å²) in [6.45, 7) is 6.25. The summed E-state index contributed by atoms with van der Waals surface area (Å²) < 4.78 is 1.08. The molecule has 1 aromatic rings. The van der Waals surface area contributed by atoms with Crippen LogP contribution in [-0.2, 0) is 6.54 Å². The van der Waals surface area contributed by atoms with Gasteiger partial charge in [-0.15, -0.1) is 0 Å². The second-order valence-electron chi connectivity index (χ2n) is 3.46. The minimum absolute atomic E-state index is 0.683. The molecule has 0 aliphatic heterocycles. The molecule has 1 rings (SSSR count). The summed E-state index contributed by atoms with van der Waals surface area (Å²) in [6, 6.07) is 3.94. The lowest BCUT2D eigenvalue weighted by molar-refractivity contribution is 0.547. The van der Waals surface area contributed by atoms with E-state index < -0.39 is 0 Å². The molecule has 0 aliphatic rings. The molecule has 0 aromatic carbocycles. The number of aromatic nitrogens is 1. The number of halogens is 1. The molecule has 0 unspecified atom stereocenters. The summed E-state index contributed by atoms with van der Waals surface area (Å²) in [6.07, 6.45) is 1.82. The zero-order valence-electron chi connectivity index (χ0n) is 8.05. The van der Waals surface area contributed by atoms with Crippen LogP contribution in [0.5, 0.6) is 0 Å². The predicted octanol–water partition coefficient (Wildman–Crippen LogP) is 2.59. The Hall–Kier alpha value is -0.410.